The van der Waals surface area contributed by atoms with Crippen LogP contribution in [0.3, 0.4) is 0 Å². The SMILES string of the molecule is Cc1cc(Br)ccc1C(=O)Nc1ccc(N2C(=O)c3ccccc3C2=O)c(Cl)c1. The number of carbonyl (C=O) groups is 3. The number of amides is 3. The molecular weight excluding hydrogens is 456 g/mol. The zero-order chi connectivity index (χ0) is 20.7. The standard InChI is InChI=1S/C22H14BrClN2O3/c1-12-10-13(23)6-8-15(12)20(27)25-14-7-9-19(18(24)11-14)26-21(28)16-4-2-3-5-17(16)22(26)29/h2-11H,1H3,(H,25,27). The van der Waals surface area contributed by atoms with Gasteiger partial charge in [0.15, 0.2) is 0 Å². The molecule has 0 bridgehead atoms. The summed E-state index contributed by atoms with van der Waals surface area (Å²) in [6.07, 6.45) is 0. The zero-order valence-corrected chi connectivity index (χ0v) is 17.5. The molecule has 1 aliphatic rings. The number of fused-ring (bicyclic) bond motifs is 1. The van der Waals surface area contributed by atoms with Crippen LogP contribution in [0.4, 0.5) is 11.4 Å². The molecule has 0 unspecified atom stereocenters. The Balaban J connectivity index is 1.60. The van der Waals surface area contributed by atoms with Crippen molar-refractivity contribution in [2.75, 3.05) is 10.2 Å². The summed E-state index contributed by atoms with van der Waals surface area (Å²) in [5.74, 6) is -1.12. The fraction of sp³-hybridized carbons (Fsp3) is 0.0455. The molecule has 7 heteroatoms. The van der Waals surface area contributed by atoms with E-state index in [4.69, 9.17) is 11.6 Å². The first-order valence-electron chi connectivity index (χ1n) is 8.71. The maximum atomic E-state index is 12.6. The lowest BCUT2D eigenvalue weighted by Crippen LogP contribution is -2.29. The lowest BCUT2D eigenvalue weighted by Gasteiger charge is -2.17. The van der Waals surface area contributed by atoms with Gasteiger partial charge in [-0.2, -0.15) is 0 Å². The first-order chi connectivity index (χ1) is 13.9. The van der Waals surface area contributed by atoms with Crippen molar-refractivity contribution in [1.29, 1.82) is 0 Å². The van der Waals surface area contributed by atoms with E-state index in [2.05, 4.69) is 21.2 Å². The molecule has 1 N–H and O–H groups in total. The van der Waals surface area contributed by atoms with Gasteiger partial charge in [0.05, 0.1) is 21.8 Å². The number of carbonyl (C=O) groups excluding carboxylic acids is 3. The molecule has 0 fully saturated rings. The third kappa shape index (κ3) is 3.45. The second-order valence-electron chi connectivity index (χ2n) is 6.57. The summed E-state index contributed by atoms with van der Waals surface area (Å²) in [6.45, 7) is 1.85. The van der Waals surface area contributed by atoms with Gasteiger partial charge in [0.1, 0.15) is 0 Å². The molecule has 0 saturated heterocycles. The predicted octanol–water partition coefficient (Wildman–Crippen LogP) is 5.46. The number of rotatable bonds is 3. The Morgan fingerprint density at radius 3 is 2.21 bits per heavy atom. The molecule has 0 aromatic heterocycles. The molecule has 0 aliphatic carbocycles. The number of anilines is 2. The molecule has 4 rings (SSSR count). The van der Waals surface area contributed by atoms with Crippen LogP contribution in [0, 0.1) is 6.92 Å². The van der Waals surface area contributed by atoms with Crippen molar-refractivity contribution in [3.05, 3.63) is 92.4 Å². The van der Waals surface area contributed by atoms with Gasteiger partial charge in [-0.3, -0.25) is 14.4 Å². The van der Waals surface area contributed by atoms with Crippen molar-refractivity contribution >= 4 is 56.6 Å². The van der Waals surface area contributed by atoms with Crippen LogP contribution in [0.2, 0.25) is 5.02 Å². The van der Waals surface area contributed by atoms with Crippen LogP contribution in [0.25, 0.3) is 0 Å². The molecule has 1 aliphatic heterocycles. The number of hydrogen-bond acceptors (Lipinski definition) is 3. The predicted molar refractivity (Wildman–Crippen MR) is 116 cm³/mol. The average Bonchev–Trinajstić information content (AvgIpc) is 2.93. The van der Waals surface area contributed by atoms with Crippen LogP contribution >= 0.6 is 27.5 Å². The highest BCUT2D eigenvalue weighted by Gasteiger charge is 2.37. The Morgan fingerprint density at radius 2 is 1.62 bits per heavy atom. The van der Waals surface area contributed by atoms with Gasteiger partial charge in [-0.15, -0.1) is 0 Å². The monoisotopic (exact) mass is 468 g/mol. The maximum Gasteiger partial charge on any atom is 0.266 e. The summed E-state index contributed by atoms with van der Waals surface area (Å²) in [6, 6.07) is 16.7. The fourth-order valence-corrected chi connectivity index (χ4v) is 3.99. The minimum absolute atomic E-state index is 0.185. The van der Waals surface area contributed by atoms with Gasteiger partial charge in [-0.25, -0.2) is 4.90 Å². The van der Waals surface area contributed by atoms with E-state index in [0.717, 1.165) is 14.9 Å². The summed E-state index contributed by atoms with van der Waals surface area (Å²) < 4.78 is 0.889. The van der Waals surface area contributed by atoms with Crippen molar-refractivity contribution in [3.8, 4) is 0 Å². The van der Waals surface area contributed by atoms with Gasteiger partial charge in [0.25, 0.3) is 17.7 Å². The normalized spacial score (nSPS) is 12.9. The molecule has 29 heavy (non-hydrogen) atoms. The van der Waals surface area contributed by atoms with Crippen LogP contribution in [0.15, 0.2) is 65.1 Å². The maximum absolute atomic E-state index is 12.6. The van der Waals surface area contributed by atoms with Crippen molar-refractivity contribution in [2.45, 2.75) is 6.92 Å². The molecule has 1 heterocycles. The van der Waals surface area contributed by atoms with Gasteiger partial charge in [-0.05, 0) is 61.0 Å². The number of benzene rings is 3. The Hall–Kier alpha value is -2.96. The van der Waals surface area contributed by atoms with E-state index < -0.39 is 11.8 Å². The van der Waals surface area contributed by atoms with E-state index in [0.29, 0.717) is 22.4 Å². The smallest absolute Gasteiger partial charge is 0.266 e. The number of aryl methyl sites for hydroxylation is 1. The van der Waals surface area contributed by atoms with Gasteiger partial charge in [-0.1, -0.05) is 39.7 Å². The third-order valence-electron chi connectivity index (χ3n) is 4.67. The van der Waals surface area contributed by atoms with Crippen molar-refractivity contribution in [1.82, 2.24) is 0 Å². The van der Waals surface area contributed by atoms with Crippen molar-refractivity contribution in [2.24, 2.45) is 0 Å². The number of nitrogens with zero attached hydrogens (tertiary/aromatic N) is 1. The molecule has 3 aromatic rings. The molecule has 0 saturated carbocycles. The Morgan fingerprint density at radius 1 is 0.966 bits per heavy atom. The summed E-state index contributed by atoms with van der Waals surface area (Å²) >= 11 is 9.73. The van der Waals surface area contributed by atoms with Crippen LogP contribution < -0.4 is 10.2 Å². The van der Waals surface area contributed by atoms with Gasteiger partial charge in [0.2, 0.25) is 0 Å². The molecule has 144 valence electrons. The van der Waals surface area contributed by atoms with Crippen molar-refractivity contribution < 1.29 is 14.4 Å². The largest absolute Gasteiger partial charge is 0.322 e. The van der Waals surface area contributed by atoms with E-state index >= 15 is 0 Å². The number of imide groups is 1. The quantitative estimate of drug-likeness (QED) is 0.518. The summed E-state index contributed by atoms with van der Waals surface area (Å²) in [5, 5.41) is 2.97. The van der Waals surface area contributed by atoms with Gasteiger partial charge >= 0.3 is 0 Å². The summed E-state index contributed by atoms with van der Waals surface area (Å²) in [5.41, 5.74) is 2.78. The first-order valence-corrected chi connectivity index (χ1v) is 9.89. The Labute approximate surface area is 180 Å². The second-order valence-corrected chi connectivity index (χ2v) is 7.89. The third-order valence-corrected chi connectivity index (χ3v) is 5.47. The van der Waals surface area contributed by atoms with Gasteiger partial charge in [0, 0.05) is 15.7 Å². The van der Waals surface area contributed by atoms with E-state index in [1.807, 2.05) is 13.0 Å². The highest BCUT2D eigenvalue weighted by atomic mass is 79.9. The van der Waals surface area contributed by atoms with Crippen LogP contribution in [0.5, 0.6) is 0 Å². The highest BCUT2D eigenvalue weighted by Crippen LogP contribution is 2.35. The molecule has 0 spiro atoms. The molecule has 0 atom stereocenters. The van der Waals surface area contributed by atoms with Gasteiger partial charge < -0.3 is 5.32 Å². The summed E-state index contributed by atoms with van der Waals surface area (Å²) in [7, 11) is 0. The van der Waals surface area contributed by atoms with Crippen molar-refractivity contribution in [3.63, 3.8) is 0 Å². The van der Waals surface area contributed by atoms with Crippen LogP contribution in [-0.4, -0.2) is 17.7 Å². The van der Waals surface area contributed by atoms with Crippen LogP contribution in [0.1, 0.15) is 36.6 Å². The second kappa shape index (κ2) is 7.46. The molecule has 3 amide bonds. The molecular formula is C22H14BrClN2O3. The van der Waals surface area contributed by atoms with Crippen LogP contribution in [-0.2, 0) is 0 Å². The lowest BCUT2D eigenvalue weighted by atomic mass is 10.1. The van der Waals surface area contributed by atoms with E-state index in [1.165, 1.54) is 6.07 Å². The van der Waals surface area contributed by atoms with E-state index in [-0.39, 0.29) is 16.6 Å². The first kappa shape index (κ1) is 19.4. The zero-order valence-electron chi connectivity index (χ0n) is 15.2. The Kier molecular flexibility index (Phi) is 4.98. The minimum Gasteiger partial charge on any atom is -0.322 e. The topological polar surface area (TPSA) is 66.5 Å². The number of halogens is 2. The molecule has 5 nitrogen and oxygen atoms in total. The molecule has 0 radical (unpaired) electrons. The summed E-state index contributed by atoms with van der Waals surface area (Å²) in [4.78, 5) is 38.9. The number of nitrogens with one attached hydrogen (secondary N) is 1. The number of hydrogen-bond donors (Lipinski definition) is 1. The minimum atomic E-state index is -0.422. The average molecular weight is 470 g/mol. The molecule has 3 aromatic carbocycles. The lowest BCUT2D eigenvalue weighted by molar-refractivity contribution is 0.0924. The highest BCUT2D eigenvalue weighted by molar-refractivity contribution is 9.10. The fourth-order valence-electron chi connectivity index (χ4n) is 3.25. The van der Waals surface area contributed by atoms with E-state index in [9.17, 15) is 14.4 Å². The Bertz CT molecular complexity index is 1160. The van der Waals surface area contributed by atoms with E-state index in [1.54, 1.807) is 48.5 Å².